The number of rotatable bonds is 6. The molecule has 3 heteroatoms. The summed E-state index contributed by atoms with van der Waals surface area (Å²) in [6.45, 7) is 0.608. The van der Waals surface area contributed by atoms with E-state index in [4.69, 9.17) is 15.2 Å². The first kappa shape index (κ1) is 13.4. The van der Waals surface area contributed by atoms with Gasteiger partial charge in [0.25, 0.3) is 0 Å². The van der Waals surface area contributed by atoms with Gasteiger partial charge in [0, 0.05) is 12.5 Å². The minimum absolute atomic E-state index is 0.0189. The van der Waals surface area contributed by atoms with Crippen LogP contribution in [0.5, 0.6) is 11.5 Å². The van der Waals surface area contributed by atoms with E-state index in [9.17, 15) is 0 Å². The number of nitrogens with two attached hydrogens (primary N) is 1. The SMILES string of the molecule is COc1ccc(C(N)CCOc2ccccc2)cc1. The van der Waals surface area contributed by atoms with Crippen LogP contribution in [0.25, 0.3) is 0 Å². The second-order valence-electron chi connectivity index (χ2n) is 4.33. The Hall–Kier alpha value is -2.00. The van der Waals surface area contributed by atoms with E-state index in [2.05, 4.69) is 0 Å². The largest absolute Gasteiger partial charge is 0.497 e. The highest BCUT2D eigenvalue weighted by Crippen LogP contribution is 2.18. The molecule has 2 aromatic rings. The molecule has 0 aliphatic rings. The van der Waals surface area contributed by atoms with Crippen molar-refractivity contribution in [1.29, 1.82) is 0 Å². The van der Waals surface area contributed by atoms with Crippen molar-refractivity contribution in [3.8, 4) is 11.5 Å². The Balaban J connectivity index is 1.82. The van der Waals surface area contributed by atoms with E-state index in [1.165, 1.54) is 0 Å². The van der Waals surface area contributed by atoms with E-state index in [1.807, 2.05) is 54.6 Å². The predicted octanol–water partition coefficient (Wildman–Crippen LogP) is 3.16. The van der Waals surface area contributed by atoms with Gasteiger partial charge in [0.2, 0.25) is 0 Å². The third-order valence-electron chi connectivity index (χ3n) is 2.98. The first-order chi connectivity index (χ1) is 9.29. The van der Waals surface area contributed by atoms with Gasteiger partial charge in [-0.1, -0.05) is 30.3 Å². The molecule has 2 aromatic carbocycles. The van der Waals surface area contributed by atoms with Gasteiger partial charge in [-0.15, -0.1) is 0 Å². The number of hydrogen-bond donors (Lipinski definition) is 1. The Bertz CT molecular complexity index is 482. The van der Waals surface area contributed by atoms with Crippen molar-refractivity contribution in [2.75, 3.05) is 13.7 Å². The summed E-state index contributed by atoms with van der Waals surface area (Å²) >= 11 is 0. The summed E-state index contributed by atoms with van der Waals surface area (Å²) in [5, 5.41) is 0. The zero-order valence-corrected chi connectivity index (χ0v) is 11.1. The molecule has 0 aliphatic heterocycles. The summed E-state index contributed by atoms with van der Waals surface area (Å²) in [4.78, 5) is 0. The Morgan fingerprint density at radius 2 is 1.63 bits per heavy atom. The van der Waals surface area contributed by atoms with Crippen molar-refractivity contribution in [2.45, 2.75) is 12.5 Å². The van der Waals surface area contributed by atoms with Gasteiger partial charge in [0.15, 0.2) is 0 Å². The highest BCUT2D eigenvalue weighted by molar-refractivity contribution is 5.29. The summed E-state index contributed by atoms with van der Waals surface area (Å²) in [6.07, 6.45) is 0.779. The van der Waals surface area contributed by atoms with Gasteiger partial charge < -0.3 is 15.2 Å². The number of methoxy groups -OCH3 is 1. The van der Waals surface area contributed by atoms with E-state index in [1.54, 1.807) is 7.11 Å². The fourth-order valence-electron chi connectivity index (χ4n) is 1.84. The molecule has 0 amide bonds. The lowest BCUT2D eigenvalue weighted by atomic mass is 10.1. The molecule has 0 radical (unpaired) electrons. The van der Waals surface area contributed by atoms with Crippen LogP contribution >= 0.6 is 0 Å². The smallest absolute Gasteiger partial charge is 0.119 e. The van der Waals surface area contributed by atoms with Crippen molar-refractivity contribution in [1.82, 2.24) is 0 Å². The normalized spacial score (nSPS) is 11.9. The molecule has 2 N–H and O–H groups in total. The van der Waals surface area contributed by atoms with Crippen molar-refractivity contribution < 1.29 is 9.47 Å². The number of benzene rings is 2. The molecule has 0 fully saturated rings. The van der Waals surface area contributed by atoms with Crippen LogP contribution in [-0.4, -0.2) is 13.7 Å². The van der Waals surface area contributed by atoms with Crippen molar-refractivity contribution in [3.63, 3.8) is 0 Å². The Kier molecular flexibility index (Phi) is 4.81. The van der Waals surface area contributed by atoms with Gasteiger partial charge in [-0.05, 0) is 29.8 Å². The van der Waals surface area contributed by atoms with Crippen LogP contribution < -0.4 is 15.2 Å². The first-order valence-electron chi connectivity index (χ1n) is 6.37. The fourth-order valence-corrected chi connectivity index (χ4v) is 1.84. The van der Waals surface area contributed by atoms with Crippen LogP contribution in [0.1, 0.15) is 18.0 Å². The number of hydrogen-bond acceptors (Lipinski definition) is 3. The van der Waals surface area contributed by atoms with Gasteiger partial charge in [0.05, 0.1) is 13.7 Å². The van der Waals surface area contributed by atoms with E-state index in [0.717, 1.165) is 23.5 Å². The third-order valence-corrected chi connectivity index (χ3v) is 2.98. The molecule has 3 nitrogen and oxygen atoms in total. The molecule has 1 atom stereocenters. The standard InChI is InChI=1S/C16H19NO2/c1-18-14-9-7-13(8-10-14)16(17)11-12-19-15-5-3-2-4-6-15/h2-10,16H,11-12,17H2,1H3. The van der Waals surface area contributed by atoms with Gasteiger partial charge in [-0.3, -0.25) is 0 Å². The maximum atomic E-state index is 6.13. The van der Waals surface area contributed by atoms with Gasteiger partial charge in [0.1, 0.15) is 11.5 Å². The van der Waals surface area contributed by atoms with Crippen LogP contribution in [0, 0.1) is 0 Å². The zero-order chi connectivity index (χ0) is 13.5. The fraction of sp³-hybridized carbons (Fsp3) is 0.250. The van der Waals surface area contributed by atoms with E-state index >= 15 is 0 Å². The Morgan fingerprint density at radius 3 is 2.26 bits per heavy atom. The van der Waals surface area contributed by atoms with Crippen LogP contribution in [0.2, 0.25) is 0 Å². The molecule has 0 spiro atoms. The topological polar surface area (TPSA) is 44.5 Å². The summed E-state index contributed by atoms with van der Waals surface area (Å²) < 4.78 is 10.8. The van der Waals surface area contributed by atoms with Crippen LogP contribution in [0.4, 0.5) is 0 Å². The van der Waals surface area contributed by atoms with E-state index in [-0.39, 0.29) is 6.04 Å². The Labute approximate surface area is 114 Å². The summed E-state index contributed by atoms with van der Waals surface area (Å²) in [7, 11) is 1.66. The summed E-state index contributed by atoms with van der Waals surface area (Å²) in [5.74, 6) is 1.72. The molecule has 100 valence electrons. The van der Waals surface area contributed by atoms with E-state index < -0.39 is 0 Å². The molecular weight excluding hydrogens is 238 g/mol. The van der Waals surface area contributed by atoms with Crippen molar-refractivity contribution in [3.05, 3.63) is 60.2 Å². The minimum Gasteiger partial charge on any atom is -0.497 e. The quantitative estimate of drug-likeness (QED) is 0.864. The van der Waals surface area contributed by atoms with Gasteiger partial charge >= 0.3 is 0 Å². The molecule has 19 heavy (non-hydrogen) atoms. The molecule has 0 heterocycles. The van der Waals surface area contributed by atoms with Crippen LogP contribution in [-0.2, 0) is 0 Å². The highest BCUT2D eigenvalue weighted by Gasteiger charge is 2.06. The van der Waals surface area contributed by atoms with Crippen LogP contribution in [0.3, 0.4) is 0 Å². The minimum atomic E-state index is -0.0189. The molecular formula is C16H19NO2. The lowest BCUT2D eigenvalue weighted by Crippen LogP contribution is -2.14. The highest BCUT2D eigenvalue weighted by atomic mass is 16.5. The van der Waals surface area contributed by atoms with Crippen molar-refractivity contribution >= 4 is 0 Å². The molecule has 0 saturated heterocycles. The maximum absolute atomic E-state index is 6.13. The molecule has 0 bridgehead atoms. The summed E-state index contributed by atoms with van der Waals surface area (Å²) in [6, 6.07) is 17.6. The Morgan fingerprint density at radius 1 is 0.947 bits per heavy atom. The van der Waals surface area contributed by atoms with Gasteiger partial charge in [-0.25, -0.2) is 0 Å². The second-order valence-corrected chi connectivity index (χ2v) is 4.33. The lowest BCUT2D eigenvalue weighted by molar-refractivity contribution is 0.298. The molecule has 0 aromatic heterocycles. The molecule has 2 rings (SSSR count). The van der Waals surface area contributed by atoms with Crippen molar-refractivity contribution in [2.24, 2.45) is 5.73 Å². The zero-order valence-electron chi connectivity index (χ0n) is 11.1. The summed E-state index contributed by atoms with van der Waals surface area (Å²) in [5.41, 5.74) is 7.22. The average Bonchev–Trinajstić information content (AvgIpc) is 2.48. The predicted molar refractivity (Wildman–Crippen MR) is 76.5 cm³/mol. The van der Waals surface area contributed by atoms with Crippen LogP contribution in [0.15, 0.2) is 54.6 Å². The van der Waals surface area contributed by atoms with E-state index in [0.29, 0.717) is 6.61 Å². The average molecular weight is 257 g/mol. The third kappa shape index (κ3) is 4.00. The molecule has 0 aliphatic carbocycles. The first-order valence-corrected chi connectivity index (χ1v) is 6.37. The number of para-hydroxylation sites is 1. The molecule has 1 unspecified atom stereocenters. The second kappa shape index (κ2) is 6.81. The monoisotopic (exact) mass is 257 g/mol. The number of ether oxygens (including phenoxy) is 2. The molecule has 0 saturated carbocycles. The van der Waals surface area contributed by atoms with Gasteiger partial charge in [-0.2, -0.15) is 0 Å². The maximum Gasteiger partial charge on any atom is 0.119 e. The lowest BCUT2D eigenvalue weighted by Gasteiger charge is -2.13.